The lowest BCUT2D eigenvalue weighted by Gasteiger charge is -2.11. The van der Waals surface area contributed by atoms with Crippen LogP contribution in [0.1, 0.15) is 10.4 Å². The number of carboxylic acid groups (broad SMARTS) is 1. The van der Waals surface area contributed by atoms with Crippen molar-refractivity contribution in [3.05, 3.63) is 39.0 Å². The Hall–Kier alpha value is -3.47. The van der Waals surface area contributed by atoms with E-state index in [0.29, 0.717) is 0 Å². The van der Waals surface area contributed by atoms with Gasteiger partial charge in [0.2, 0.25) is 5.95 Å². The molecule has 3 rings (SSSR count). The maximum atomic E-state index is 13.0. The maximum Gasteiger partial charge on any atom is 0.339 e. The Morgan fingerprint density at radius 3 is 2.48 bits per heavy atom. The van der Waals surface area contributed by atoms with Crippen molar-refractivity contribution < 1.29 is 24.1 Å². The van der Waals surface area contributed by atoms with E-state index in [1.54, 1.807) is 0 Å². The molecule has 10 nitrogen and oxygen atoms in total. The highest BCUT2D eigenvalue weighted by Gasteiger charge is 2.18. The molecule has 0 saturated heterocycles. The van der Waals surface area contributed by atoms with Crippen LogP contribution < -0.4 is 19.8 Å². The second-order valence-corrected chi connectivity index (χ2v) is 5.61. The molecule has 2 heterocycles. The van der Waals surface area contributed by atoms with E-state index in [4.69, 9.17) is 26.4 Å². The van der Waals surface area contributed by atoms with Crippen LogP contribution in [0.4, 0.5) is 0 Å². The van der Waals surface area contributed by atoms with Crippen LogP contribution in [-0.2, 0) is 0 Å². The number of aromatic nitrogens is 4. The van der Waals surface area contributed by atoms with E-state index in [0.717, 1.165) is 4.57 Å². The molecule has 0 atom stereocenters. The number of ether oxygens (including phenoxy) is 3. The van der Waals surface area contributed by atoms with Crippen LogP contribution in [0, 0.1) is 4.77 Å². The minimum Gasteiger partial charge on any atom is -0.496 e. The van der Waals surface area contributed by atoms with Gasteiger partial charge in [-0.15, -0.1) is 0 Å². The van der Waals surface area contributed by atoms with Crippen molar-refractivity contribution in [2.45, 2.75) is 0 Å². The molecule has 27 heavy (non-hydrogen) atoms. The molecule has 0 unspecified atom stereocenters. The number of carbonyl (C=O) groups is 1. The molecule has 0 spiro atoms. The SMILES string of the molecule is COc1cc2c(=O)n(-c3ncc(OC)c(OC)n3)c(=S)[nH]c2cc1C(=O)O. The lowest BCUT2D eigenvalue weighted by Crippen LogP contribution is -2.23. The third-order valence-electron chi connectivity index (χ3n) is 3.77. The van der Waals surface area contributed by atoms with Gasteiger partial charge in [-0.3, -0.25) is 4.79 Å². The van der Waals surface area contributed by atoms with Gasteiger partial charge in [-0.05, 0) is 24.4 Å². The van der Waals surface area contributed by atoms with Gasteiger partial charge in [0.05, 0.1) is 38.4 Å². The zero-order valence-electron chi connectivity index (χ0n) is 14.5. The van der Waals surface area contributed by atoms with E-state index in [1.165, 1.54) is 39.7 Å². The summed E-state index contributed by atoms with van der Waals surface area (Å²) in [5.74, 6) is -0.764. The van der Waals surface area contributed by atoms with Crippen LogP contribution >= 0.6 is 12.2 Å². The van der Waals surface area contributed by atoms with Gasteiger partial charge in [-0.2, -0.15) is 4.98 Å². The molecule has 140 valence electrons. The van der Waals surface area contributed by atoms with E-state index < -0.39 is 11.5 Å². The van der Waals surface area contributed by atoms with Crippen molar-refractivity contribution >= 4 is 29.1 Å². The predicted octanol–water partition coefficient (Wildman–Crippen LogP) is 1.56. The van der Waals surface area contributed by atoms with Crippen molar-refractivity contribution in [3.8, 4) is 23.3 Å². The number of nitrogens with one attached hydrogen (secondary N) is 1. The molecular formula is C16H14N4O6S. The molecule has 3 aromatic rings. The number of aromatic amines is 1. The Morgan fingerprint density at radius 2 is 1.89 bits per heavy atom. The van der Waals surface area contributed by atoms with E-state index in [-0.39, 0.29) is 44.6 Å². The van der Waals surface area contributed by atoms with Gasteiger partial charge < -0.3 is 24.3 Å². The van der Waals surface area contributed by atoms with Gasteiger partial charge in [-0.25, -0.2) is 14.3 Å². The summed E-state index contributed by atoms with van der Waals surface area (Å²) in [5.41, 5.74) is -0.397. The number of nitrogens with zero attached hydrogens (tertiary/aromatic N) is 3. The summed E-state index contributed by atoms with van der Waals surface area (Å²) < 4.78 is 16.3. The highest BCUT2D eigenvalue weighted by atomic mass is 32.1. The first-order valence-corrected chi connectivity index (χ1v) is 7.87. The number of H-pyrrole nitrogens is 1. The fraction of sp³-hybridized carbons (Fsp3) is 0.188. The number of fused-ring (bicyclic) bond motifs is 1. The van der Waals surface area contributed by atoms with Gasteiger partial charge in [0, 0.05) is 0 Å². The Morgan fingerprint density at radius 1 is 1.19 bits per heavy atom. The molecule has 1 aromatic carbocycles. The lowest BCUT2D eigenvalue weighted by atomic mass is 10.1. The zero-order valence-corrected chi connectivity index (χ0v) is 15.3. The number of benzene rings is 1. The molecule has 2 N–H and O–H groups in total. The van der Waals surface area contributed by atoms with Gasteiger partial charge in [0.15, 0.2) is 10.5 Å². The molecule has 11 heteroatoms. The molecule has 0 bridgehead atoms. The monoisotopic (exact) mass is 390 g/mol. The van der Waals surface area contributed by atoms with E-state index in [9.17, 15) is 14.7 Å². The number of hydrogen-bond donors (Lipinski definition) is 2. The predicted molar refractivity (Wildman–Crippen MR) is 96.9 cm³/mol. The molecule has 0 radical (unpaired) electrons. The largest absolute Gasteiger partial charge is 0.496 e. The number of methoxy groups -OCH3 is 3. The van der Waals surface area contributed by atoms with Crippen molar-refractivity contribution in [1.82, 2.24) is 19.5 Å². The Balaban J connectivity index is 2.33. The third-order valence-corrected chi connectivity index (χ3v) is 4.06. The first-order chi connectivity index (χ1) is 12.9. The molecular weight excluding hydrogens is 376 g/mol. The van der Waals surface area contributed by atoms with Gasteiger partial charge in [0.25, 0.3) is 11.4 Å². The van der Waals surface area contributed by atoms with Crippen LogP contribution in [0.2, 0.25) is 0 Å². The molecule has 0 amide bonds. The molecule has 2 aromatic heterocycles. The van der Waals surface area contributed by atoms with E-state index >= 15 is 0 Å². The number of carboxylic acids is 1. The topological polar surface area (TPSA) is 129 Å². The summed E-state index contributed by atoms with van der Waals surface area (Å²) in [5, 5.41) is 9.44. The third kappa shape index (κ3) is 3.08. The van der Waals surface area contributed by atoms with Crippen LogP contribution in [0.5, 0.6) is 17.4 Å². The van der Waals surface area contributed by atoms with Crippen molar-refractivity contribution in [2.24, 2.45) is 0 Å². The van der Waals surface area contributed by atoms with Gasteiger partial charge in [0.1, 0.15) is 11.3 Å². The summed E-state index contributed by atoms with van der Waals surface area (Å²) in [7, 11) is 4.15. The first-order valence-electron chi connectivity index (χ1n) is 7.47. The van der Waals surface area contributed by atoms with E-state index in [1.807, 2.05) is 0 Å². The van der Waals surface area contributed by atoms with Crippen molar-refractivity contribution in [3.63, 3.8) is 0 Å². The minimum atomic E-state index is -1.19. The normalized spacial score (nSPS) is 10.6. The van der Waals surface area contributed by atoms with Crippen LogP contribution in [0.3, 0.4) is 0 Å². The van der Waals surface area contributed by atoms with Crippen LogP contribution in [-0.4, -0.2) is 51.9 Å². The smallest absolute Gasteiger partial charge is 0.339 e. The first kappa shape index (κ1) is 18.3. The molecule has 0 fully saturated rings. The average Bonchev–Trinajstić information content (AvgIpc) is 2.66. The molecule has 0 aliphatic carbocycles. The van der Waals surface area contributed by atoms with Gasteiger partial charge >= 0.3 is 5.97 Å². The standard InChI is InChI=1S/C16H14N4O6S/c1-24-10-5-7-9(4-8(10)14(22)23)18-16(27)20(13(7)21)15-17-6-11(25-2)12(19-15)26-3/h4-6H,1-3H3,(H,18,27)(H,22,23). The quantitative estimate of drug-likeness (QED) is 0.624. The lowest BCUT2D eigenvalue weighted by molar-refractivity contribution is 0.0693. The van der Waals surface area contributed by atoms with E-state index in [2.05, 4.69) is 15.0 Å². The Labute approximate surface area is 157 Å². The second-order valence-electron chi connectivity index (χ2n) is 5.22. The summed E-state index contributed by atoms with van der Waals surface area (Å²) in [6.07, 6.45) is 1.35. The number of aromatic carboxylic acids is 1. The highest BCUT2D eigenvalue weighted by molar-refractivity contribution is 7.71. The van der Waals surface area contributed by atoms with Crippen molar-refractivity contribution in [1.29, 1.82) is 0 Å². The fourth-order valence-corrected chi connectivity index (χ4v) is 2.78. The number of hydrogen-bond acceptors (Lipinski definition) is 8. The average molecular weight is 390 g/mol. The fourth-order valence-electron chi connectivity index (χ4n) is 2.50. The highest BCUT2D eigenvalue weighted by Crippen LogP contribution is 2.25. The second kappa shape index (κ2) is 7.03. The molecule has 0 saturated carbocycles. The molecule has 0 aliphatic rings. The summed E-state index contributed by atoms with van der Waals surface area (Å²) >= 11 is 5.24. The zero-order chi connectivity index (χ0) is 19.7. The number of rotatable bonds is 5. The van der Waals surface area contributed by atoms with Crippen molar-refractivity contribution in [2.75, 3.05) is 21.3 Å². The van der Waals surface area contributed by atoms with Gasteiger partial charge in [-0.1, -0.05) is 0 Å². The molecule has 0 aliphatic heterocycles. The summed E-state index contributed by atoms with van der Waals surface area (Å²) in [4.78, 5) is 35.4. The summed E-state index contributed by atoms with van der Waals surface area (Å²) in [6, 6.07) is 2.61. The van der Waals surface area contributed by atoms with Crippen LogP contribution in [0.15, 0.2) is 23.1 Å². The Bertz CT molecular complexity index is 1170. The maximum absolute atomic E-state index is 13.0. The van der Waals surface area contributed by atoms with Crippen LogP contribution in [0.25, 0.3) is 16.9 Å². The minimum absolute atomic E-state index is 0.0128. The summed E-state index contributed by atoms with van der Waals surface area (Å²) in [6.45, 7) is 0. The Kier molecular flexibility index (Phi) is 4.77.